The van der Waals surface area contributed by atoms with E-state index in [1.807, 2.05) is 42.3 Å². The summed E-state index contributed by atoms with van der Waals surface area (Å²) < 4.78 is 15.4. The number of imidazole rings is 1. The molecule has 2 unspecified atom stereocenters. The summed E-state index contributed by atoms with van der Waals surface area (Å²) in [4.78, 5) is 37.8. The fraction of sp³-hybridized carbons (Fsp3) is 0.350. The number of esters is 1. The maximum absolute atomic E-state index is 13.8. The number of likely N-dealkylation sites (tertiary alicyclic amines) is 1. The van der Waals surface area contributed by atoms with Crippen LogP contribution in [-0.2, 0) is 18.3 Å². The van der Waals surface area contributed by atoms with Crippen molar-refractivity contribution >= 4 is 44.7 Å². The first kappa shape index (κ1) is 31.6. The lowest BCUT2D eigenvalue weighted by Crippen LogP contribution is -2.41. The van der Waals surface area contributed by atoms with Gasteiger partial charge in [-0.05, 0) is 92.0 Å². The third-order valence-corrected chi connectivity index (χ3v) is 11.3. The highest BCUT2D eigenvalue weighted by molar-refractivity contribution is 6.02. The molecule has 1 aliphatic heterocycles. The second-order valence-electron chi connectivity index (χ2n) is 14.3. The van der Waals surface area contributed by atoms with Crippen LogP contribution in [0.2, 0.25) is 0 Å². The van der Waals surface area contributed by atoms with E-state index in [2.05, 4.69) is 38.4 Å². The number of benzene rings is 3. The number of aromatic hydroxyl groups is 1. The lowest BCUT2D eigenvalue weighted by Gasteiger charge is -2.27. The van der Waals surface area contributed by atoms with Gasteiger partial charge in [0.1, 0.15) is 22.6 Å². The second-order valence-corrected chi connectivity index (χ2v) is 14.3. The highest BCUT2D eigenvalue weighted by atomic mass is 16.5. The molecule has 260 valence electrons. The Bertz CT molecular complexity index is 2410. The standard InChI is InChI=1S/C40H40N6O5/c1-4-51-40(49)28-18-42-29-11-9-22(13-27(29)37(28)47)23-7-8-24-16-33(45(32(24)15-23)19-21-5-6-21)38-43-30-14-26(17-34(50-3)36(30)44(38)2)39(48)46-20-25-10-12-31(46)35(25)41/h7-9,11,13-18,21,25,31,35H,4-6,10,12,19-20,41H2,1-3H3,(H,42,47)/t25?,31?,35-/m1/s1. The van der Waals surface area contributed by atoms with Gasteiger partial charge in [-0.1, -0.05) is 18.2 Å². The number of carbonyl (C=O) groups is 2. The molecule has 2 saturated carbocycles. The highest BCUT2D eigenvalue weighted by Gasteiger charge is 2.47. The smallest absolute Gasteiger partial charge is 0.343 e. The van der Waals surface area contributed by atoms with Crippen LogP contribution in [0.15, 0.2) is 60.8 Å². The summed E-state index contributed by atoms with van der Waals surface area (Å²) in [5, 5.41) is 12.6. The minimum absolute atomic E-state index is 0.0182. The van der Waals surface area contributed by atoms with Gasteiger partial charge in [-0.2, -0.15) is 0 Å². The Morgan fingerprint density at radius 3 is 2.53 bits per heavy atom. The predicted molar refractivity (Wildman–Crippen MR) is 195 cm³/mol. The Labute approximate surface area is 294 Å². The molecule has 1 amide bonds. The maximum atomic E-state index is 13.8. The number of aromatic nitrogens is 4. The van der Waals surface area contributed by atoms with E-state index >= 15 is 0 Å². The number of aryl methyl sites for hydroxylation is 1. The van der Waals surface area contributed by atoms with Crippen LogP contribution in [0.4, 0.5) is 0 Å². The molecule has 9 rings (SSSR count). The van der Waals surface area contributed by atoms with Gasteiger partial charge in [-0.15, -0.1) is 0 Å². The molecule has 51 heavy (non-hydrogen) atoms. The lowest BCUT2D eigenvalue weighted by atomic mass is 10.0. The van der Waals surface area contributed by atoms with E-state index in [0.717, 1.165) is 58.5 Å². The first-order chi connectivity index (χ1) is 24.7. The van der Waals surface area contributed by atoms with Gasteiger partial charge < -0.3 is 34.3 Å². The number of hydrogen-bond acceptors (Lipinski definition) is 8. The summed E-state index contributed by atoms with van der Waals surface area (Å²) >= 11 is 0. The number of fused-ring (bicyclic) bond motifs is 5. The van der Waals surface area contributed by atoms with Gasteiger partial charge in [0.25, 0.3) is 5.91 Å². The molecule has 3 N–H and O–H groups in total. The number of rotatable bonds is 8. The molecule has 0 radical (unpaired) electrons. The number of ether oxygens (including phenoxy) is 2. The van der Waals surface area contributed by atoms with Crippen molar-refractivity contribution in [1.82, 2.24) is 24.0 Å². The summed E-state index contributed by atoms with van der Waals surface area (Å²) in [6, 6.07) is 18.1. The van der Waals surface area contributed by atoms with Gasteiger partial charge >= 0.3 is 5.97 Å². The van der Waals surface area contributed by atoms with Gasteiger partial charge in [0.15, 0.2) is 5.82 Å². The SMILES string of the molecule is CCOC(=O)c1cnc2ccc(-c3ccc4cc(-c5nc6cc(C(=O)N7CC8CCC7[C@@H]8N)cc(OC)c6n5C)n(CC5CC5)c4c3)cc2c1O. The average Bonchev–Trinajstić information content (AvgIpc) is 3.54. The van der Waals surface area contributed by atoms with Crippen molar-refractivity contribution in [3.8, 4) is 34.1 Å². The molecule has 2 bridgehead atoms. The zero-order valence-corrected chi connectivity index (χ0v) is 28.9. The zero-order chi connectivity index (χ0) is 35.1. The Morgan fingerprint density at radius 2 is 1.80 bits per heavy atom. The number of carbonyl (C=O) groups excluding carboxylic acids is 2. The van der Waals surface area contributed by atoms with Crippen LogP contribution in [0.5, 0.6) is 11.5 Å². The van der Waals surface area contributed by atoms with Crippen LogP contribution in [0, 0.1) is 11.8 Å². The number of piperidine rings is 1. The molecule has 3 atom stereocenters. The Kier molecular flexibility index (Phi) is 7.32. The van der Waals surface area contributed by atoms with Crippen molar-refractivity contribution in [3.63, 3.8) is 0 Å². The van der Waals surface area contributed by atoms with Crippen LogP contribution in [0.25, 0.3) is 55.5 Å². The molecule has 3 aromatic heterocycles. The molecule has 0 spiro atoms. The molecule has 6 aromatic rings. The molecule has 3 aromatic carbocycles. The number of hydrogen-bond donors (Lipinski definition) is 2. The van der Waals surface area contributed by atoms with Crippen molar-refractivity contribution in [2.45, 2.75) is 51.2 Å². The van der Waals surface area contributed by atoms with E-state index in [1.54, 1.807) is 14.0 Å². The van der Waals surface area contributed by atoms with Gasteiger partial charge in [0.05, 0.1) is 30.4 Å². The number of nitrogens with zero attached hydrogens (tertiary/aromatic N) is 5. The van der Waals surface area contributed by atoms with Crippen LogP contribution in [0.1, 0.15) is 53.3 Å². The highest BCUT2D eigenvalue weighted by Crippen LogP contribution is 2.41. The van der Waals surface area contributed by atoms with Gasteiger partial charge in [0, 0.05) is 60.3 Å². The van der Waals surface area contributed by atoms with Gasteiger partial charge in [0.2, 0.25) is 0 Å². The maximum Gasteiger partial charge on any atom is 0.343 e. The number of amides is 1. The number of methoxy groups -OCH3 is 1. The third-order valence-electron chi connectivity index (χ3n) is 11.3. The third kappa shape index (κ3) is 5.04. The molecule has 3 aliphatic rings. The van der Waals surface area contributed by atoms with Crippen LogP contribution < -0.4 is 10.5 Å². The first-order valence-electron chi connectivity index (χ1n) is 17.8. The summed E-state index contributed by atoms with van der Waals surface area (Å²) in [7, 11) is 3.63. The molecule has 3 fully saturated rings. The van der Waals surface area contributed by atoms with E-state index in [9.17, 15) is 14.7 Å². The fourth-order valence-electron chi connectivity index (χ4n) is 8.36. The van der Waals surface area contributed by atoms with Gasteiger partial charge in [-0.3, -0.25) is 9.78 Å². The van der Waals surface area contributed by atoms with Gasteiger partial charge in [-0.25, -0.2) is 9.78 Å². The zero-order valence-electron chi connectivity index (χ0n) is 28.9. The Morgan fingerprint density at radius 1 is 1.00 bits per heavy atom. The monoisotopic (exact) mass is 684 g/mol. The van der Waals surface area contributed by atoms with Crippen LogP contribution in [0.3, 0.4) is 0 Å². The van der Waals surface area contributed by atoms with Crippen molar-refractivity contribution in [2.24, 2.45) is 24.6 Å². The van der Waals surface area contributed by atoms with Crippen molar-refractivity contribution in [1.29, 1.82) is 0 Å². The minimum Gasteiger partial charge on any atom is -0.506 e. The van der Waals surface area contributed by atoms with E-state index in [4.69, 9.17) is 20.2 Å². The summed E-state index contributed by atoms with van der Waals surface area (Å²) in [5.41, 5.74) is 13.1. The fourth-order valence-corrected chi connectivity index (χ4v) is 8.36. The Balaban J connectivity index is 1.13. The summed E-state index contributed by atoms with van der Waals surface area (Å²) in [6.45, 7) is 3.49. The van der Waals surface area contributed by atoms with E-state index in [1.165, 1.54) is 19.0 Å². The van der Waals surface area contributed by atoms with Crippen molar-refractivity contribution < 1.29 is 24.2 Å². The predicted octanol–water partition coefficient (Wildman–Crippen LogP) is 6.27. The topological polar surface area (TPSA) is 138 Å². The quantitative estimate of drug-likeness (QED) is 0.179. The molecule has 2 aliphatic carbocycles. The number of pyridine rings is 1. The summed E-state index contributed by atoms with van der Waals surface area (Å²) in [6.07, 6.45) is 5.76. The molecule has 11 nitrogen and oxygen atoms in total. The van der Waals surface area contributed by atoms with E-state index in [0.29, 0.717) is 46.1 Å². The summed E-state index contributed by atoms with van der Waals surface area (Å²) in [5.74, 6) is 1.60. The number of nitrogens with two attached hydrogens (primary N) is 1. The lowest BCUT2D eigenvalue weighted by molar-refractivity contribution is 0.0522. The van der Waals surface area contributed by atoms with Crippen LogP contribution >= 0.6 is 0 Å². The first-order valence-corrected chi connectivity index (χ1v) is 17.8. The van der Waals surface area contributed by atoms with E-state index < -0.39 is 5.97 Å². The molecule has 11 heteroatoms. The molecular weight excluding hydrogens is 644 g/mol. The van der Waals surface area contributed by atoms with E-state index in [-0.39, 0.29) is 35.9 Å². The Hall–Kier alpha value is -5.42. The second kappa shape index (κ2) is 11.8. The van der Waals surface area contributed by atoms with Crippen molar-refractivity contribution in [2.75, 3.05) is 20.3 Å². The molecular formula is C40H40N6O5. The largest absolute Gasteiger partial charge is 0.506 e. The van der Waals surface area contributed by atoms with Crippen molar-refractivity contribution in [3.05, 3.63) is 71.9 Å². The minimum atomic E-state index is -0.604. The molecule has 1 saturated heterocycles. The normalized spacial score (nSPS) is 19.8. The molecule has 4 heterocycles. The van der Waals surface area contributed by atoms with Crippen LogP contribution in [-0.4, -0.2) is 73.3 Å². The average molecular weight is 685 g/mol.